The van der Waals surface area contributed by atoms with Crippen molar-refractivity contribution < 1.29 is 14.8 Å². The number of unbranched alkanes of at least 4 members (excludes halogenated alkanes) is 5. The van der Waals surface area contributed by atoms with Crippen molar-refractivity contribution in [2.45, 2.75) is 44.9 Å². The number of hydroxylamine groups is 1. The van der Waals surface area contributed by atoms with Crippen LogP contribution in [0.5, 0.6) is 0 Å². The Balaban J connectivity index is 2.44. The summed E-state index contributed by atoms with van der Waals surface area (Å²) >= 11 is 11.6. The summed E-state index contributed by atoms with van der Waals surface area (Å²) in [5.41, 5.74) is 1.40. The Bertz CT molecular complexity index is 520. The monoisotopic (exact) mass is 402 g/mol. The highest BCUT2D eigenvalue weighted by atomic mass is 35.5. The second-order valence-corrected chi connectivity index (χ2v) is 6.82. The van der Waals surface area contributed by atoms with Gasteiger partial charge in [-0.15, -0.1) is 23.2 Å². The van der Waals surface area contributed by atoms with Gasteiger partial charge in [-0.05, 0) is 37.1 Å². The first kappa shape index (κ1) is 22.7. The molecule has 0 aliphatic rings. The van der Waals surface area contributed by atoms with Gasteiger partial charge >= 0.3 is 0 Å². The highest BCUT2D eigenvalue weighted by molar-refractivity contribution is 6.18. The number of rotatable bonds is 14. The van der Waals surface area contributed by atoms with Gasteiger partial charge in [-0.25, -0.2) is 0 Å². The van der Waals surface area contributed by atoms with Crippen LogP contribution in [0.25, 0.3) is 0 Å². The molecule has 0 aliphatic heterocycles. The van der Waals surface area contributed by atoms with Crippen LogP contribution in [-0.2, 0) is 9.59 Å². The van der Waals surface area contributed by atoms with Crippen LogP contribution in [0.2, 0.25) is 0 Å². The zero-order valence-electron chi connectivity index (χ0n) is 15.1. The molecule has 0 heterocycles. The highest BCUT2D eigenvalue weighted by Crippen LogP contribution is 2.21. The van der Waals surface area contributed by atoms with Crippen LogP contribution in [0.4, 0.5) is 11.4 Å². The van der Waals surface area contributed by atoms with E-state index >= 15 is 0 Å². The summed E-state index contributed by atoms with van der Waals surface area (Å²) in [7, 11) is 0. The van der Waals surface area contributed by atoms with Crippen molar-refractivity contribution in [1.82, 2.24) is 0 Å². The van der Waals surface area contributed by atoms with Gasteiger partial charge in [-0.2, -0.15) is 5.06 Å². The lowest BCUT2D eigenvalue weighted by Crippen LogP contribution is -2.28. The number of aldehydes is 1. The summed E-state index contributed by atoms with van der Waals surface area (Å²) in [5.74, 6) is 0.681. The normalized spacial score (nSPS) is 10.6. The van der Waals surface area contributed by atoms with Crippen LogP contribution in [0, 0.1) is 0 Å². The zero-order valence-corrected chi connectivity index (χ0v) is 16.6. The molecule has 1 N–H and O–H groups in total. The lowest BCUT2D eigenvalue weighted by Gasteiger charge is -2.23. The van der Waals surface area contributed by atoms with Gasteiger partial charge in [0.15, 0.2) is 0 Å². The molecular formula is C19H28Cl2N2O3. The number of benzene rings is 1. The predicted octanol–water partition coefficient (Wildman–Crippen LogP) is 4.62. The Morgan fingerprint density at radius 2 is 1.46 bits per heavy atom. The number of nitrogens with zero attached hydrogens (tertiary/aromatic N) is 2. The topological polar surface area (TPSA) is 60.9 Å². The summed E-state index contributed by atoms with van der Waals surface area (Å²) in [4.78, 5) is 24.4. The third-order valence-electron chi connectivity index (χ3n) is 4.12. The summed E-state index contributed by atoms with van der Waals surface area (Å²) in [6, 6.07) is 7.11. The summed E-state index contributed by atoms with van der Waals surface area (Å²) < 4.78 is 0. The van der Waals surface area contributed by atoms with E-state index in [-0.39, 0.29) is 5.91 Å². The molecule has 0 saturated heterocycles. The molecule has 5 nitrogen and oxygen atoms in total. The third kappa shape index (κ3) is 8.39. The van der Waals surface area contributed by atoms with Crippen LogP contribution in [0.1, 0.15) is 44.9 Å². The van der Waals surface area contributed by atoms with Gasteiger partial charge in [-0.3, -0.25) is 10.0 Å². The first-order chi connectivity index (χ1) is 12.6. The summed E-state index contributed by atoms with van der Waals surface area (Å²) in [6.45, 7) is 1.37. The van der Waals surface area contributed by atoms with E-state index in [2.05, 4.69) is 4.90 Å². The van der Waals surface area contributed by atoms with Gasteiger partial charge in [0, 0.05) is 43.4 Å². The SMILES string of the molecule is O=CCCCCCCCC(=O)N(O)c1ccc(N(CCCl)CCCl)cc1. The maximum atomic E-state index is 12.1. The minimum atomic E-state index is -0.316. The molecule has 0 saturated carbocycles. The van der Waals surface area contributed by atoms with E-state index in [0.29, 0.717) is 48.4 Å². The molecule has 0 bridgehead atoms. The molecule has 0 radical (unpaired) electrons. The first-order valence-electron chi connectivity index (χ1n) is 9.06. The van der Waals surface area contributed by atoms with Gasteiger partial charge in [0.25, 0.3) is 5.91 Å². The molecule has 1 aromatic rings. The van der Waals surface area contributed by atoms with Crippen LogP contribution in [-0.4, -0.2) is 42.3 Å². The van der Waals surface area contributed by atoms with Crippen molar-refractivity contribution in [3.63, 3.8) is 0 Å². The number of amides is 1. The number of carbonyl (C=O) groups excluding carboxylic acids is 2. The van der Waals surface area contributed by atoms with Gasteiger partial charge in [0.1, 0.15) is 6.29 Å². The van der Waals surface area contributed by atoms with Crippen LogP contribution >= 0.6 is 23.2 Å². The second kappa shape index (κ2) is 13.8. The fourth-order valence-corrected chi connectivity index (χ4v) is 3.07. The van der Waals surface area contributed by atoms with E-state index in [4.69, 9.17) is 23.2 Å². The Morgan fingerprint density at radius 3 is 2.04 bits per heavy atom. The molecular weight excluding hydrogens is 375 g/mol. The van der Waals surface area contributed by atoms with Crippen molar-refractivity contribution in [2.75, 3.05) is 34.8 Å². The average molecular weight is 403 g/mol. The van der Waals surface area contributed by atoms with Gasteiger partial charge in [-0.1, -0.05) is 19.3 Å². The van der Waals surface area contributed by atoms with E-state index in [1.54, 1.807) is 12.1 Å². The second-order valence-electron chi connectivity index (χ2n) is 6.06. The van der Waals surface area contributed by atoms with Crippen LogP contribution in [0.3, 0.4) is 0 Å². The summed E-state index contributed by atoms with van der Waals surface area (Å²) in [6.07, 6.45) is 6.39. The van der Waals surface area contributed by atoms with Crippen molar-refractivity contribution >= 4 is 46.8 Å². The van der Waals surface area contributed by atoms with E-state index in [1.807, 2.05) is 12.1 Å². The van der Waals surface area contributed by atoms with Crippen LogP contribution in [0.15, 0.2) is 24.3 Å². The number of hydrogen-bond acceptors (Lipinski definition) is 4. The standard InChI is InChI=1S/C19H28Cl2N2O3/c20-12-14-22(15-13-21)17-8-10-18(11-9-17)23(26)19(25)7-5-3-1-2-4-6-16-24/h8-11,16,26H,1-7,12-15H2. The minimum Gasteiger partial charge on any atom is -0.369 e. The van der Waals surface area contributed by atoms with E-state index < -0.39 is 0 Å². The minimum absolute atomic E-state index is 0.302. The molecule has 0 atom stereocenters. The Morgan fingerprint density at radius 1 is 0.923 bits per heavy atom. The molecule has 146 valence electrons. The average Bonchev–Trinajstić information content (AvgIpc) is 2.66. The predicted molar refractivity (Wildman–Crippen MR) is 108 cm³/mol. The fourth-order valence-electron chi connectivity index (χ4n) is 2.66. The van der Waals surface area contributed by atoms with Crippen molar-refractivity contribution in [2.24, 2.45) is 0 Å². The van der Waals surface area contributed by atoms with E-state index in [1.165, 1.54) is 0 Å². The van der Waals surface area contributed by atoms with Crippen molar-refractivity contribution in [3.05, 3.63) is 24.3 Å². The molecule has 0 spiro atoms. The summed E-state index contributed by atoms with van der Waals surface area (Å²) in [5, 5.41) is 10.8. The van der Waals surface area contributed by atoms with Crippen molar-refractivity contribution in [1.29, 1.82) is 0 Å². The quantitative estimate of drug-likeness (QED) is 0.162. The molecule has 0 unspecified atom stereocenters. The fraction of sp³-hybridized carbons (Fsp3) is 0.579. The molecule has 1 aromatic carbocycles. The molecule has 0 aliphatic carbocycles. The van der Waals surface area contributed by atoms with E-state index in [9.17, 15) is 14.8 Å². The Kier molecular flexibility index (Phi) is 12.1. The molecule has 26 heavy (non-hydrogen) atoms. The lowest BCUT2D eigenvalue weighted by molar-refractivity contribution is -0.123. The van der Waals surface area contributed by atoms with Crippen LogP contribution < -0.4 is 9.96 Å². The lowest BCUT2D eigenvalue weighted by atomic mass is 10.1. The first-order valence-corrected chi connectivity index (χ1v) is 10.1. The Labute approximate surface area is 165 Å². The Hall–Kier alpha value is -1.30. The highest BCUT2D eigenvalue weighted by Gasteiger charge is 2.13. The zero-order chi connectivity index (χ0) is 19.2. The maximum Gasteiger partial charge on any atom is 0.250 e. The van der Waals surface area contributed by atoms with Gasteiger partial charge < -0.3 is 9.69 Å². The largest absolute Gasteiger partial charge is 0.369 e. The number of hydrogen-bond donors (Lipinski definition) is 1. The molecule has 1 rings (SSSR count). The smallest absolute Gasteiger partial charge is 0.250 e. The number of alkyl halides is 2. The number of anilines is 2. The molecule has 0 aromatic heterocycles. The van der Waals surface area contributed by atoms with Crippen molar-refractivity contribution in [3.8, 4) is 0 Å². The van der Waals surface area contributed by atoms with Gasteiger partial charge in [0.2, 0.25) is 0 Å². The number of carbonyl (C=O) groups is 2. The maximum absolute atomic E-state index is 12.1. The molecule has 1 amide bonds. The third-order valence-corrected chi connectivity index (χ3v) is 4.46. The molecule has 0 fully saturated rings. The van der Waals surface area contributed by atoms with Gasteiger partial charge in [0.05, 0.1) is 5.69 Å². The molecule has 7 heteroatoms. The van der Waals surface area contributed by atoms with E-state index in [0.717, 1.165) is 44.1 Å². The number of halogens is 2.